The monoisotopic (exact) mass is 523 g/mol. The van der Waals surface area contributed by atoms with E-state index in [1.807, 2.05) is 0 Å². The summed E-state index contributed by atoms with van der Waals surface area (Å²) in [5.74, 6) is -1.75. The van der Waals surface area contributed by atoms with Crippen LogP contribution < -0.4 is 16.4 Å². The van der Waals surface area contributed by atoms with Gasteiger partial charge in [-0.05, 0) is 62.8 Å². The average molecular weight is 524 g/mol. The minimum absolute atomic E-state index is 0.136. The van der Waals surface area contributed by atoms with Crippen molar-refractivity contribution in [3.63, 3.8) is 0 Å². The molecule has 37 heavy (non-hydrogen) atoms. The van der Waals surface area contributed by atoms with Crippen molar-refractivity contribution < 1.29 is 32.3 Å². The second-order valence-corrected chi connectivity index (χ2v) is 10.9. The quantitative estimate of drug-likeness (QED) is 0.260. The lowest BCUT2D eigenvalue weighted by Gasteiger charge is -2.30. The Morgan fingerprint density at radius 3 is 1.84 bits per heavy atom. The highest BCUT2D eigenvalue weighted by Gasteiger charge is 2.46. The van der Waals surface area contributed by atoms with E-state index in [9.17, 15) is 32.3 Å². The van der Waals surface area contributed by atoms with Crippen LogP contribution in [-0.2, 0) is 15.0 Å². The van der Waals surface area contributed by atoms with Gasteiger partial charge in [0.1, 0.15) is 11.7 Å². The van der Waals surface area contributed by atoms with Crippen LogP contribution in [0.2, 0.25) is 0 Å². The fraction of sp³-hybridized carbons (Fsp3) is 0.481. The number of carboxylic acids is 1. The number of rotatable bonds is 10. The van der Waals surface area contributed by atoms with E-state index in [4.69, 9.17) is 5.73 Å². The normalized spacial score (nSPS) is 17.1. The highest BCUT2D eigenvalue weighted by Crippen LogP contribution is 2.36. The molecule has 1 aliphatic rings. The number of carboxylic acid groups (broad SMARTS) is 1. The van der Waals surface area contributed by atoms with Gasteiger partial charge in [0, 0.05) is 6.42 Å². The molecule has 2 atom stereocenters. The number of aliphatic carboxylic acids is 1. The van der Waals surface area contributed by atoms with Crippen LogP contribution in [0.5, 0.6) is 0 Å². The molecule has 1 aliphatic carbocycles. The van der Waals surface area contributed by atoms with Crippen LogP contribution in [0.15, 0.2) is 48.5 Å². The molecule has 0 aliphatic heterocycles. The minimum atomic E-state index is -4.76. The van der Waals surface area contributed by atoms with E-state index >= 15 is 0 Å². The lowest BCUT2D eigenvalue weighted by molar-refractivity contribution is -0.161. The maximum Gasteiger partial charge on any atom is 0.407 e. The number of hydrogen-bond donors (Lipinski definition) is 4. The summed E-state index contributed by atoms with van der Waals surface area (Å²) in [6, 6.07) is 8.71. The first-order valence-electron chi connectivity index (χ1n) is 12.0. The molecule has 6 nitrogen and oxygen atoms in total. The smallest absolute Gasteiger partial charge is 0.407 e. The van der Waals surface area contributed by atoms with E-state index in [2.05, 4.69) is 10.6 Å². The van der Waals surface area contributed by atoms with Crippen LogP contribution in [-0.4, -0.2) is 40.5 Å². The predicted octanol–water partition coefficient (Wildman–Crippen LogP) is 4.98. The molecular formula is C27H33F4N3O3. The third-order valence-electron chi connectivity index (χ3n) is 6.58. The average Bonchev–Trinajstić information content (AvgIpc) is 3.51. The van der Waals surface area contributed by atoms with Gasteiger partial charge in [0.2, 0.25) is 5.91 Å². The van der Waals surface area contributed by atoms with E-state index in [1.54, 1.807) is 38.1 Å². The van der Waals surface area contributed by atoms with Crippen LogP contribution in [0.25, 0.3) is 11.1 Å². The zero-order chi connectivity index (χ0) is 27.8. The van der Waals surface area contributed by atoms with Crippen molar-refractivity contribution in [3.05, 3.63) is 59.7 Å². The first kappa shape index (κ1) is 28.6. The fourth-order valence-corrected chi connectivity index (χ4v) is 3.96. The third kappa shape index (κ3) is 7.29. The van der Waals surface area contributed by atoms with Crippen molar-refractivity contribution >= 4 is 11.9 Å². The molecule has 2 aromatic carbocycles. The molecule has 202 valence electrons. The zero-order valence-electron chi connectivity index (χ0n) is 21.2. The van der Waals surface area contributed by atoms with Crippen molar-refractivity contribution in [2.45, 2.75) is 82.0 Å². The Morgan fingerprint density at radius 1 is 0.946 bits per heavy atom. The number of nitrogens with one attached hydrogen (secondary N) is 2. The Hall–Kier alpha value is -2.98. The van der Waals surface area contributed by atoms with Crippen molar-refractivity contribution in [3.8, 4) is 11.1 Å². The second-order valence-electron chi connectivity index (χ2n) is 10.9. The molecule has 2 aromatic rings. The first-order valence-corrected chi connectivity index (χ1v) is 12.0. The molecular weight excluding hydrogens is 490 g/mol. The summed E-state index contributed by atoms with van der Waals surface area (Å²) >= 11 is 0. The molecule has 5 N–H and O–H groups in total. The van der Waals surface area contributed by atoms with Gasteiger partial charge in [-0.3, -0.25) is 14.9 Å². The van der Waals surface area contributed by atoms with E-state index in [0.29, 0.717) is 29.5 Å². The number of carbonyl (C=O) groups excluding carboxylic acids is 1. The number of hydrogen-bond acceptors (Lipinski definition) is 4. The molecule has 0 heterocycles. The summed E-state index contributed by atoms with van der Waals surface area (Å²) in [6.45, 7) is 5.56. The fourth-order valence-electron chi connectivity index (χ4n) is 3.96. The van der Waals surface area contributed by atoms with E-state index < -0.39 is 53.3 Å². The van der Waals surface area contributed by atoms with Gasteiger partial charge in [0.15, 0.2) is 0 Å². The number of halogens is 4. The first-order chi connectivity index (χ1) is 16.9. The summed E-state index contributed by atoms with van der Waals surface area (Å²) in [7, 11) is 0. The Morgan fingerprint density at radius 2 is 1.43 bits per heavy atom. The summed E-state index contributed by atoms with van der Waals surface area (Å²) in [4.78, 5) is 24.2. The van der Waals surface area contributed by atoms with E-state index in [0.717, 1.165) is 0 Å². The zero-order valence-corrected chi connectivity index (χ0v) is 21.2. The Bertz CT molecular complexity index is 1120. The van der Waals surface area contributed by atoms with Crippen LogP contribution >= 0.6 is 0 Å². The second kappa shape index (κ2) is 10.1. The molecule has 0 unspecified atom stereocenters. The molecule has 0 saturated heterocycles. The van der Waals surface area contributed by atoms with Gasteiger partial charge in [-0.2, -0.15) is 13.2 Å². The van der Waals surface area contributed by atoms with Gasteiger partial charge in [-0.15, -0.1) is 0 Å². The number of nitrogens with two attached hydrogens (primary N) is 1. The van der Waals surface area contributed by atoms with Gasteiger partial charge >= 0.3 is 12.1 Å². The van der Waals surface area contributed by atoms with Crippen molar-refractivity contribution in [1.82, 2.24) is 10.6 Å². The Kier molecular flexibility index (Phi) is 7.77. The molecule has 1 amide bonds. The summed E-state index contributed by atoms with van der Waals surface area (Å²) < 4.78 is 56.7. The lowest BCUT2D eigenvalue weighted by Crippen LogP contribution is -2.55. The van der Waals surface area contributed by atoms with Crippen molar-refractivity contribution in [2.24, 2.45) is 5.73 Å². The molecule has 0 spiro atoms. The lowest BCUT2D eigenvalue weighted by atomic mass is 9.84. The third-order valence-corrected chi connectivity index (χ3v) is 6.58. The minimum Gasteiger partial charge on any atom is -0.481 e. The van der Waals surface area contributed by atoms with Gasteiger partial charge in [-0.25, -0.2) is 4.39 Å². The Labute approximate surface area is 213 Å². The number of carbonyl (C=O) groups is 2. The number of alkyl halides is 4. The van der Waals surface area contributed by atoms with Crippen LogP contribution in [0, 0.1) is 0 Å². The summed E-state index contributed by atoms with van der Waals surface area (Å²) in [5.41, 5.74) is 3.72. The Balaban J connectivity index is 1.84. The number of amides is 1. The highest BCUT2D eigenvalue weighted by atomic mass is 19.4. The topological polar surface area (TPSA) is 104 Å². The van der Waals surface area contributed by atoms with Gasteiger partial charge in [-0.1, -0.05) is 48.5 Å². The summed E-state index contributed by atoms with van der Waals surface area (Å²) in [6.07, 6.45) is -4.23. The van der Waals surface area contributed by atoms with Crippen molar-refractivity contribution in [1.29, 1.82) is 0 Å². The predicted molar refractivity (Wildman–Crippen MR) is 132 cm³/mol. The van der Waals surface area contributed by atoms with E-state index in [1.165, 1.54) is 38.1 Å². The van der Waals surface area contributed by atoms with Crippen molar-refractivity contribution in [2.75, 3.05) is 0 Å². The van der Waals surface area contributed by atoms with Crippen LogP contribution in [0.1, 0.15) is 64.1 Å². The molecule has 0 bridgehead atoms. The standard InChI is InChI=1S/C27H33F4N3O3/c1-24(2,28)15-20(22(35)34-26(32)13-14-26)33-21(27(29,30)31)18-7-5-16(6-8-18)17-9-11-19(12-10-17)25(3,4)23(36)37/h5-12,20-21,33H,13-15,32H2,1-4H3,(H,34,35)(H,36,37)/t20-,21-/m0/s1. The van der Waals surface area contributed by atoms with Crippen LogP contribution in [0.3, 0.4) is 0 Å². The summed E-state index contributed by atoms with van der Waals surface area (Å²) in [5, 5.41) is 14.2. The van der Waals surface area contributed by atoms with Gasteiger partial charge < -0.3 is 16.2 Å². The maximum atomic E-state index is 14.4. The SMILES string of the molecule is CC(C)(F)C[C@H](N[C@@H](c1ccc(-c2ccc(C(C)(C)C(=O)O)cc2)cc1)C(F)(F)F)C(=O)NC1(N)CC1. The largest absolute Gasteiger partial charge is 0.481 e. The molecule has 0 aromatic heterocycles. The molecule has 3 rings (SSSR count). The molecule has 1 fully saturated rings. The highest BCUT2D eigenvalue weighted by molar-refractivity contribution is 5.83. The maximum absolute atomic E-state index is 14.4. The molecule has 10 heteroatoms. The number of benzene rings is 2. The van der Waals surface area contributed by atoms with Gasteiger partial charge in [0.25, 0.3) is 0 Å². The van der Waals surface area contributed by atoms with Gasteiger partial charge in [0.05, 0.1) is 17.1 Å². The molecule has 0 radical (unpaired) electrons. The molecule has 1 saturated carbocycles. The van der Waals surface area contributed by atoms with E-state index in [-0.39, 0.29) is 5.56 Å². The van der Waals surface area contributed by atoms with Crippen LogP contribution in [0.4, 0.5) is 17.6 Å².